The Hall–Kier alpha value is -1.88. The highest BCUT2D eigenvalue weighted by molar-refractivity contribution is 5.32. The number of nitrogens with one attached hydrogen (secondary N) is 1. The van der Waals surface area contributed by atoms with E-state index in [1.807, 2.05) is 0 Å². The van der Waals surface area contributed by atoms with Gasteiger partial charge in [-0.15, -0.1) is 0 Å². The number of aliphatic hydroxyl groups is 1. The Kier molecular flexibility index (Phi) is 7.65. The van der Waals surface area contributed by atoms with Gasteiger partial charge in [0.2, 0.25) is 0 Å². The minimum Gasteiger partial charge on any atom is -0.493 e. The maximum atomic E-state index is 11.6. The number of benzene rings is 2. The second-order valence-corrected chi connectivity index (χ2v) is 9.42. The van der Waals surface area contributed by atoms with Gasteiger partial charge in [-0.3, -0.25) is 0 Å². The molecule has 1 heterocycles. The fourth-order valence-electron chi connectivity index (χ4n) is 5.09. The Bertz CT molecular complexity index is 791. The molecule has 2 fully saturated rings. The van der Waals surface area contributed by atoms with E-state index in [0.29, 0.717) is 6.61 Å². The van der Waals surface area contributed by atoms with Gasteiger partial charge in [0.25, 0.3) is 0 Å². The van der Waals surface area contributed by atoms with Crippen molar-refractivity contribution < 1.29 is 9.84 Å². The van der Waals surface area contributed by atoms with Crippen molar-refractivity contribution in [2.24, 2.45) is 0 Å². The third-order valence-corrected chi connectivity index (χ3v) is 7.08. The first kappa shape index (κ1) is 22.3. The zero-order valence-electron chi connectivity index (χ0n) is 19.0. The first-order valence-corrected chi connectivity index (χ1v) is 12.1. The normalized spacial score (nSPS) is 20.3. The summed E-state index contributed by atoms with van der Waals surface area (Å²) >= 11 is 0. The lowest BCUT2D eigenvalue weighted by Gasteiger charge is -2.42. The van der Waals surface area contributed by atoms with E-state index in [9.17, 15) is 5.11 Å². The second kappa shape index (κ2) is 10.6. The highest BCUT2D eigenvalue weighted by Crippen LogP contribution is 2.41. The van der Waals surface area contributed by atoms with Gasteiger partial charge in [0.15, 0.2) is 0 Å². The lowest BCUT2D eigenvalue weighted by molar-refractivity contribution is -0.0316. The Labute approximate surface area is 187 Å². The van der Waals surface area contributed by atoms with Gasteiger partial charge >= 0.3 is 0 Å². The summed E-state index contributed by atoms with van der Waals surface area (Å²) < 4.78 is 6.01. The largest absolute Gasteiger partial charge is 0.493 e. The molecule has 1 aliphatic carbocycles. The average Bonchev–Trinajstić information content (AvgIpc) is 2.80. The molecule has 2 aromatic carbocycles. The van der Waals surface area contributed by atoms with Gasteiger partial charge < -0.3 is 20.1 Å². The van der Waals surface area contributed by atoms with Gasteiger partial charge in [0.1, 0.15) is 5.75 Å². The van der Waals surface area contributed by atoms with Crippen LogP contribution in [-0.2, 0) is 6.42 Å². The van der Waals surface area contributed by atoms with Crippen LogP contribution < -0.4 is 10.1 Å². The zero-order valence-corrected chi connectivity index (χ0v) is 19.0. The van der Waals surface area contributed by atoms with E-state index in [4.69, 9.17) is 4.74 Å². The number of hydrogen-bond acceptors (Lipinski definition) is 4. The fourth-order valence-corrected chi connectivity index (χ4v) is 5.09. The molecule has 1 saturated carbocycles. The molecule has 1 aliphatic heterocycles. The maximum absolute atomic E-state index is 11.6. The third kappa shape index (κ3) is 6.09. The lowest BCUT2D eigenvalue weighted by atomic mass is 9.72. The summed E-state index contributed by atoms with van der Waals surface area (Å²) in [7, 11) is 0. The van der Waals surface area contributed by atoms with E-state index in [2.05, 4.69) is 65.7 Å². The summed E-state index contributed by atoms with van der Waals surface area (Å²) in [5.41, 5.74) is 3.25. The highest BCUT2D eigenvalue weighted by atomic mass is 16.5. The zero-order chi connectivity index (χ0) is 21.5. The quantitative estimate of drug-likeness (QED) is 0.666. The van der Waals surface area contributed by atoms with Crippen LogP contribution in [0.25, 0.3) is 0 Å². The van der Waals surface area contributed by atoms with Crippen molar-refractivity contribution in [2.45, 2.75) is 57.0 Å². The van der Waals surface area contributed by atoms with Crippen molar-refractivity contribution in [1.82, 2.24) is 10.2 Å². The van der Waals surface area contributed by atoms with Gasteiger partial charge in [-0.1, -0.05) is 61.2 Å². The van der Waals surface area contributed by atoms with Gasteiger partial charge in [0.05, 0.1) is 12.2 Å². The molecule has 2 aliphatic rings. The molecule has 0 radical (unpaired) electrons. The maximum Gasteiger partial charge on any atom is 0.119 e. The number of piperazine rings is 1. The molecule has 0 bridgehead atoms. The van der Waals surface area contributed by atoms with Crippen molar-refractivity contribution in [1.29, 1.82) is 0 Å². The molecule has 0 aromatic heterocycles. The van der Waals surface area contributed by atoms with Crippen LogP contribution in [0.4, 0.5) is 0 Å². The van der Waals surface area contributed by atoms with Crippen molar-refractivity contribution in [3.63, 3.8) is 0 Å². The number of aryl methyl sites for hydroxylation is 1. The van der Waals surface area contributed by atoms with Crippen LogP contribution in [-0.4, -0.2) is 54.9 Å². The van der Waals surface area contributed by atoms with Crippen molar-refractivity contribution in [3.8, 4) is 5.75 Å². The van der Waals surface area contributed by atoms with E-state index in [0.717, 1.165) is 70.6 Å². The Morgan fingerprint density at radius 3 is 2.32 bits per heavy atom. The summed E-state index contributed by atoms with van der Waals surface area (Å²) in [5, 5.41) is 15.0. The highest BCUT2D eigenvalue weighted by Gasteiger charge is 2.39. The van der Waals surface area contributed by atoms with Gasteiger partial charge in [-0.2, -0.15) is 0 Å². The summed E-state index contributed by atoms with van der Waals surface area (Å²) in [6.07, 6.45) is 6.25. The van der Waals surface area contributed by atoms with Crippen molar-refractivity contribution in [2.75, 3.05) is 39.3 Å². The molecule has 2 N–H and O–H groups in total. The molecular formula is C27H38N2O2. The molecule has 168 valence electrons. The van der Waals surface area contributed by atoms with E-state index in [1.165, 1.54) is 23.1 Å². The molecule has 4 heteroatoms. The van der Waals surface area contributed by atoms with Gasteiger partial charge in [-0.05, 0) is 43.0 Å². The third-order valence-electron chi connectivity index (χ3n) is 7.08. The first-order chi connectivity index (χ1) is 15.1. The fraction of sp³-hybridized carbons (Fsp3) is 0.556. The minimum absolute atomic E-state index is 0.160. The van der Waals surface area contributed by atoms with Crippen LogP contribution >= 0.6 is 0 Å². The average molecular weight is 423 g/mol. The lowest BCUT2D eigenvalue weighted by Crippen LogP contribution is -2.49. The van der Waals surface area contributed by atoms with Gasteiger partial charge in [0, 0.05) is 45.1 Å². The van der Waals surface area contributed by atoms with Crippen LogP contribution in [0, 0.1) is 6.92 Å². The molecule has 1 saturated heterocycles. The Morgan fingerprint density at radius 2 is 1.65 bits per heavy atom. The predicted octanol–water partition coefficient (Wildman–Crippen LogP) is 4.30. The Morgan fingerprint density at radius 1 is 0.968 bits per heavy atom. The monoisotopic (exact) mass is 422 g/mol. The first-order valence-electron chi connectivity index (χ1n) is 12.1. The van der Waals surface area contributed by atoms with E-state index in [-0.39, 0.29) is 5.92 Å². The molecule has 31 heavy (non-hydrogen) atoms. The summed E-state index contributed by atoms with van der Waals surface area (Å²) in [6.45, 7) is 7.93. The summed E-state index contributed by atoms with van der Waals surface area (Å²) in [4.78, 5) is 2.51. The summed E-state index contributed by atoms with van der Waals surface area (Å²) in [5.74, 6) is 1.07. The number of ether oxygens (including phenoxy) is 1. The van der Waals surface area contributed by atoms with E-state index < -0.39 is 5.60 Å². The number of rotatable bonds is 8. The van der Waals surface area contributed by atoms with Crippen molar-refractivity contribution >= 4 is 0 Å². The molecule has 4 rings (SSSR count). The standard InChI is InChI=1S/C27H38N2O2/c1-22-5-7-23(8-6-22)13-20-31-25-11-9-24(10-12-25)26(21-29-18-16-28-17-19-29)27(30)14-3-2-4-15-27/h5-12,26,28,30H,2-4,13-21H2,1H3. The molecular weight excluding hydrogens is 384 g/mol. The van der Waals surface area contributed by atoms with E-state index in [1.54, 1.807) is 0 Å². The smallest absolute Gasteiger partial charge is 0.119 e. The number of hydrogen-bond donors (Lipinski definition) is 2. The van der Waals surface area contributed by atoms with Crippen LogP contribution in [0.3, 0.4) is 0 Å². The summed E-state index contributed by atoms with van der Waals surface area (Å²) in [6, 6.07) is 17.2. The molecule has 0 spiro atoms. The molecule has 1 atom stereocenters. The van der Waals surface area contributed by atoms with Crippen LogP contribution in [0.15, 0.2) is 48.5 Å². The molecule has 0 amide bonds. The van der Waals surface area contributed by atoms with Crippen LogP contribution in [0.5, 0.6) is 5.75 Å². The predicted molar refractivity (Wildman–Crippen MR) is 127 cm³/mol. The molecule has 1 unspecified atom stereocenters. The van der Waals surface area contributed by atoms with Crippen molar-refractivity contribution in [3.05, 3.63) is 65.2 Å². The number of nitrogens with zero attached hydrogens (tertiary/aromatic N) is 1. The van der Waals surface area contributed by atoms with E-state index >= 15 is 0 Å². The van der Waals surface area contributed by atoms with Gasteiger partial charge in [-0.25, -0.2) is 0 Å². The molecule has 2 aromatic rings. The van der Waals surface area contributed by atoms with Crippen LogP contribution in [0.2, 0.25) is 0 Å². The molecule has 4 nitrogen and oxygen atoms in total. The topological polar surface area (TPSA) is 44.7 Å². The second-order valence-electron chi connectivity index (χ2n) is 9.42. The minimum atomic E-state index is -0.586. The Balaban J connectivity index is 1.40. The van der Waals surface area contributed by atoms with Crippen LogP contribution in [0.1, 0.15) is 54.7 Å². The SMILES string of the molecule is Cc1ccc(CCOc2ccc(C(CN3CCNCC3)C3(O)CCCCC3)cc2)cc1.